The third kappa shape index (κ3) is 2.67. The molecule has 2 aliphatic rings. The van der Waals surface area contributed by atoms with Gasteiger partial charge in [-0.05, 0) is 38.4 Å². The summed E-state index contributed by atoms with van der Waals surface area (Å²) in [6.07, 6.45) is 3.94. The van der Waals surface area contributed by atoms with Gasteiger partial charge in [0.1, 0.15) is 23.6 Å². The monoisotopic (exact) mass is 294 g/mol. The lowest BCUT2D eigenvalue weighted by atomic mass is 9.96. The van der Waals surface area contributed by atoms with Crippen molar-refractivity contribution in [3.63, 3.8) is 0 Å². The lowest BCUT2D eigenvalue weighted by Crippen LogP contribution is -2.59. The van der Waals surface area contributed by atoms with Crippen LogP contribution in [-0.4, -0.2) is 42.9 Å². The van der Waals surface area contributed by atoms with Crippen molar-refractivity contribution in [1.29, 1.82) is 0 Å². The highest BCUT2D eigenvalue weighted by Crippen LogP contribution is 2.32. The maximum absolute atomic E-state index is 14.2. The molecule has 3 nitrogen and oxygen atoms in total. The highest BCUT2D eigenvalue weighted by Gasteiger charge is 2.35. The minimum absolute atomic E-state index is 0.0123. The zero-order valence-corrected chi connectivity index (χ0v) is 12.2. The van der Waals surface area contributed by atoms with Gasteiger partial charge in [0.2, 0.25) is 0 Å². The molecular formula is C16H20F2N2O. The predicted octanol–water partition coefficient (Wildman–Crippen LogP) is 2.84. The molecule has 0 amide bonds. The zero-order valence-electron chi connectivity index (χ0n) is 12.2. The number of benzene rings is 1. The average Bonchev–Trinajstić information content (AvgIpc) is 2.46. The molecule has 114 valence electrons. The minimum Gasteiger partial charge on any atom is -0.361 e. The van der Waals surface area contributed by atoms with E-state index in [9.17, 15) is 13.6 Å². The number of hydrogen-bond donors (Lipinski definition) is 0. The van der Waals surface area contributed by atoms with E-state index in [0.717, 1.165) is 31.6 Å². The summed E-state index contributed by atoms with van der Waals surface area (Å²) in [4.78, 5) is 15.0. The zero-order chi connectivity index (χ0) is 15.0. The molecular weight excluding hydrogens is 274 g/mol. The van der Waals surface area contributed by atoms with Gasteiger partial charge in [-0.1, -0.05) is 6.42 Å². The van der Waals surface area contributed by atoms with E-state index >= 15 is 0 Å². The maximum atomic E-state index is 14.2. The summed E-state index contributed by atoms with van der Waals surface area (Å²) in [5.74, 6) is -1.29. The smallest absolute Gasteiger partial charge is 0.150 e. The number of carbonyl (C=O) groups is 1. The first-order valence-corrected chi connectivity index (χ1v) is 7.55. The van der Waals surface area contributed by atoms with Crippen molar-refractivity contribution in [2.75, 3.05) is 24.5 Å². The van der Waals surface area contributed by atoms with Gasteiger partial charge in [-0.15, -0.1) is 0 Å². The molecule has 3 rings (SSSR count). The highest BCUT2D eigenvalue weighted by molar-refractivity contribution is 5.76. The van der Waals surface area contributed by atoms with E-state index < -0.39 is 11.6 Å². The van der Waals surface area contributed by atoms with Gasteiger partial charge in [0, 0.05) is 30.7 Å². The van der Waals surface area contributed by atoms with E-state index in [1.165, 1.54) is 12.8 Å². The summed E-state index contributed by atoms with van der Waals surface area (Å²) in [7, 11) is 0. The molecule has 21 heavy (non-hydrogen) atoms. The van der Waals surface area contributed by atoms with Crippen molar-refractivity contribution in [2.24, 2.45) is 0 Å². The van der Waals surface area contributed by atoms with E-state index in [1.807, 2.05) is 11.8 Å². The Morgan fingerprint density at radius 1 is 1.19 bits per heavy atom. The van der Waals surface area contributed by atoms with Crippen LogP contribution in [0.1, 0.15) is 36.5 Å². The fourth-order valence-electron chi connectivity index (χ4n) is 3.59. The molecule has 2 heterocycles. The molecule has 0 N–H and O–H groups in total. The first kappa shape index (κ1) is 14.4. The number of rotatable bonds is 2. The van der Waals surface area contributed by atoms with Crippen LogP contribution >= 0.6 is 0 Å². The summed E-state index contributed by atoms with van der Waals surface area (Å²) in [5.41, 5.74) is 0.0519. The van der Waals surface area contributed by atoms with E-state index in [0.29, 0.717) is 18.9 Å². The fourth-order valence-corrected chi connectivity index (χ4v) is 3.59. The summed E-state index contributed by atoms with van der Waals surface area (Å²) < 4.78 is 28.5. The van der Waals surface area contributed by atoms with Gasteiger partial charge in [-0.25, -0.2) is 8.78 Å². The Balaban J connectivity index is 1.91. The number of carbonyl (C=O) groups excluding carboxylic acids is 1. The van der Waals surface area contributed by atoms with Crippen LogP contribution < -0.4 is 4.90 Å². The number of halogens is 2. The third-order valence-corrected chi connectivity index (χ3v) is 4.65. The number of anilines is 1. The van der Waals surface area contributed by atoms with Crippen LogP contribution in [-0.2, 0) is 0 Å². The topological polar surface area (TPSA) is 23.6 Å². The van der Waals surface area contributed by atoms with Gasteiger partial charge in [0.15, 0.2) is 0 Å². The van der Waals surface area contributed by atoms with E-state index in [-0.39, 0.29) is 17.3 Å². The van der Waals surface area contributed by atoms with Crippen molar-refractivity contribution < 1.29 is 13.6 Å². The van der Waals surface area contributed by atoms with Crippen molar-refractivity contribution in [3.8, 4) is 0 Å². The number of piperazine rings is 1. The fraction of sp³-hybridized carbons (Fsp3) is 0.562. The lowest BCUT2D eigenvalue weighted by Gasteiger charge is -2.48. The van der Waals surface area contributed by atoms with Crippen LogP contribution in [0.25, 0.3) is 0 Å². The molecule has 2 fully saturated rings. The van der Waals surface area contributed by atoms with Crippen molar-refractivity contribution in [2.45, 2.75) is 38.3 Å². The first-order chi connectivity index (χ1) is 10.1. The van der Waals surface area contributed by atoms with E-state index in [4.69, 9.17) is 0 Å². The van der Waals surface area contributed by atoms with Crippen LogP contribution in [0.4, 0.5) is 14.5 Å². The maximum Gasteiger partial charge on any atom is 0.150 e. The van der Waals surface area contributed by atoms with Crippen molar-refractivity contribution in [1.82, 2.24) is 4.90 Å². The van der Waals surface area contributed by atoms with Crippen LogP contribution in [0.3, 0.4) is 0 Å². The Labute approximate surface area is 123 Å². The Bertz CT molecular complexity index is 526. The molecule has 0 radical (unpaired) electrons. The Hall–Kier alpha value is -1.49. The molecule has 2 saturated heterocycles. The van der Waals surface area contributed by atoms with Gasteiger partial charge in [-0.2, -0.15) is 0 Å². The SMILES string of the molecule is CC1CN2CCCCC2CN1c1c(F)cc(C=O)cc1F. The number of fused-ring (bicyclic) bond motifs is 1. The summed E-state index contributed by atoms with van der Waals surface area (Å²) in [6.45, 7) is 4.56. The number of aldehydes is 1. The Kier molecular flexibility index (Phi) is 3.93. The summed E-state index contributed by atoms with van der Waals surface area (Å²) in [5, 5.41) is 0. The first-order valence-electron chi connectivity index (χ1n) is 7.55. The van der Waals surface area contributed by atoms with Gasteiger partial charge in [0.05, 0.1) is 0 Å². The van der Waals surface area contributed by atoms with Crippen molar-refractivity contribution >= 4 is 12.0 Å². The van der Waals surface area contributed by atoms with Crippen LogP contribution in [0.2, 0.25) is 0 Å². The molecule has 2 aliphatic heterocycles. The van der Waals surface area contributed by atoms with Gasteiger partial charge in [0.25, 0.3) is 0 Å². The molecule has 2 atom stereocenters. The normalized spacial score (nSPS) is 26.5. The molecule has 1 aromatic rings. The van der Waals surface area contributed by atoms with Gasteiger partial charge < -0.3 is 4.90 Å². The molecule has 5 heteroatoms. The number of piperidine rings is 1. The highest BCUT2D eigenvalue weighted by atomic mass is 19.1. The molecule has 0 aromatic heterocycles. The van der Waals surface area contributed by atoms with Gasteiger partial charge in [-0.3, -0.25) is 9.69 Å². The average molecular weight is 294 g/mol. The quantitative estimate of drug-likeness (QED) is 0.784. The van der Waals surface area contributed by atoms with Gasteiger partial charge >= 0.3 is 0 Å². The summed E-state index contributed by atoms with van der Waals surface area (Å²) >= 11 is 0. The molecule has 0 spiro atoms. The molecule has 0 aliphatic carbocycles. The van der Waals surface area contributed by atoms with Crippen molar-refractivity contribution in [3.05, 3.63) is 29.3 Å². The number of nitrogens with zero attached hydrogens (tertiary/aromatic N) is 2. The Morgan fingerprint density at radius 3 is 2.57 bits per heavy atom. The third-order valence-electron chi connectivity index (χ3n) is 4.65. The second-order valence-electron chi connectivity index (χ2n) is 6.10. The van der Waals surface area contributed by atoms with E-state index in [1.54, 1.807) is 0 Å². The predicted molar refractivity (Wildman–Crippen MR) is 77.8 cm³/mol. The summed E-state index contributed by atoms with van der Waals surface area (Å²) in [6, 6.07) is 2.67. The molecule has 0 bridgehead atoms. The second-order valence-corrected chi connectivity index (χ2v) is 6.10. The van der Waals surface area contributed by atoms with Crippen LogP contribution in [0.5, 0.6) is 0 Å². The molecule has 0 saturated carbocycles. The molecule has 2 unspecified atom stereocenters. The largest absolute Gasteiger partial charge is 0.361 e. The second kappa shape index (κ2) is 5.72. The Morgan fingerprint density at radius 2 is 1.90 bits per heavy atom. The lowest BCUT2D eigenvalue weighted by molar-refractivity contribution is 0.112. The van der Waals surface area contributed by atoms with Crippen LogP contribution in [0.15, 0.2) is 12.1 Å². The molecule has 1 aromatic carbocycles. The minimum atomic E-state index is -0.645. The van der Waals surface area contributed by atoms with Crippen LogP contribution in [0, 0.1) is 11.6 Å². The standard InChI is InChI=1S/C16H20F2N2O/c1-11-8-19-5-3-2-4-13(19)9-20(11)16-14(17)6-12(10-21)7-15(16)18/h6-7,10-11,13H,2-5,8-9H2,1H3. The number of hydrogen-bond acceptors (Lipinski definition) is 3. The van der Waals surface area contributed by atoms with E-state index in [2.05, 4.69) is 4.90 Å².